The summed E-state index contributed by atoms with van der Waals surface area (Å²) < 4.78 is 5.30. The molecule has 2 rings (SSSR count). The molecule has 1 N–H and O–H groups in total. The molecule has 0 aliphatic carbocycles. The van der Waals surface area contributed by atoms with Crippen molar-refractivity contribution in [1.29, 1.82) is 0 Å². The van der Waals surface area contributed by atoms with Crippen LogP contribution in [0.1, 0.15) is 25.8 Å². The maximum Gasteiger partial charge on any atom is 0.410 e. The summed E-state index contributed by atoms with van der Waals surface area (Å²) in [4.78, 5) is 25.5. The molecule has 1 heterocycles. The zero-order valence-corrected chi connectivity index (χ0v) is 11.8. The minimum absolute atomic E-state index is 0.0467. The average Bonchev–Trinajstić information content (AvgIpc) is 2.45. The molecule has 0 radical (unpaired) electrons. The third kappa shape index (κ3) is 3.29. The lowest BCUT2D eigenvalue weighted by molar-refractivity contribution is -0.129. The number of ether oxygens (including phenoxy) is 1. The molecular weight excluding hydrogens is 256 g/mol. The van der Waals surface area contributed by atoms with Gasteiger partial charge in [-0.2, -0.15) is 0 Å². The summed E-state index contributed by atoms with van der Waals surface area (Å²) in [5.41, 5.74) is 0.934. The van der Waals surface area contributed by atoms with Crippen LogP contribution >= 0.6 is 0 Å². The van der Waals surface area contributed by atoms with Crippen molar-refractivity contribution in [2.75, 3.05) is 6.54 Å². The molecule has 1 aliphatic heterocycles. The van der Waals surface area contributed by atoms with Gasteiger partial charge in [-0.3, -0.25) is 9.69 Å². The molecule has 1 saturated heterocycles. The number of nitrogens with zero attached hydrogens (tertiary/aromatic N) is 1. The Morgan fingerprint density at radius 1 is 1.40 bits per heavy atom. The molecule has 108 valence electrons. The van der Waals surface area contributed by atoms with Crippen molar-refractivity contribution in [2.24, 2.45) is 0 Å². The number of hydrogen-bond donors (Lipinski definition) is 1. The highest BCUT2D eigenvalue weighted by Crippen LogP contribution is 2.14. The highest BCUT2D eigenvalue weighted by molar-refractivity contribution is 5.87. The number of carbonyl (C=O) groups is 2. The van der Waals surface area contributed by atoms with Gasteiger partial charge >= 0.3 is 6.09 Å². The van der Waals surface area contributed by atoms with Crippen LogP contribution in [0.15, 0.2) is 30.3 Å². The second kappa shape index (κ2) is 6.41. The van der Waals surface area contributed by atoms with Gasteiger partial charge in [-0.25, -0.2) is 4.79 Å². The molecule has 2 unspecified atom stereocenters. The standard InChI is InChI=1S/C15H20N2O3/c1-3-13-14(18)16-11(2)9-17(13)15(19)20-10-12-7-5-4-6-8-12/h4-8,11,13H,3,9-10H2,1-2H3,(H,16,18). The number of piperazine rings is 1. The zero-order chi connectivity index (χ0) is 14.5. The highest BCUT2D eigenvalue weighted by atomic mass is 16.6. The van der Waals surface area contributed by atoms with E-state index >= 15 is 0 Å². The number of carbonyl (C=O) groups excluding carboxylic acids is 2. The summed E-state index contributed by atoms with van der Waals surface area (Å²) in [5.74, 6) is -0.108. The van der Waals surface area contributed by atoms with Gasteiger partial charge in [0, 0.05) is 12.6 Å². The molecule has 1 aliphatic rings. The maximum atomic E-state index is 12.2. The first-order valence-corrected chi connectivity index (χ1v) is 6.89. The summed E-state index contributed by atoms with van der Waals surface area (Å²) in [6.45, 7) is 4.47. The summed E-state index contributed by atoms with van der Waals surface area (Å²) in [5, 5.41) is 2.85. The normalized spacial score (nSPS) is 22.3. The molecule has 1 aromatic rings. The van der Waals surface area contributed by atoms with E-state index in [1.807, 2.05) is 44.2 Å². The number of nitrogens with one attached hydrogen (secondary N) is 1. The molecular formula is C15H20N2O3. The van der Waals surface area contributed by atoms with Gasteiger partial charge in [0.1, 0.15) is 12.6 Å². The van der Waals surface area contributed by atoms with Crippen LogP contribution in [0.25, 0.3) is 0 Å². The number of hydrogen-bond acceptors (Lipinski definition) is 3. The predicted molar refractivity (Wildman–Crippen MR) is 75.0 cm³/mol. The van der Waals surface area contributed by atoms with Crippen LogP contribution in [-0.2, 0) is 16.1 Å². The van der Waals surface area contributed by atoms with E-state index in [0.717, 1.165) is 5.56 Å². The van der Waals surface area contributed by atoms with E-state index in [1.54, 1.807) is 0 Å². The smallest absolute Gasteiger partial charge is 0.410 e. The van der Waals surface area contributed by atoms with Crippen molar-refractivity contribution in [3.63, 3.8) is 0 Å². The second-order valence-electron chi connectivity index (χ2n) is 5.03. The summed E-state index contributed by atoms with van der Waals surface area (Å²) in [6, 6.07) is 9.02. The van der Waals surface area contributed by atoms with E-state index < -0.39 is 12.1 Å². The third-order valence-corrected chi connectivity index (χ3v) is 3.36. The van der Waals surface area contributed by atoms with E-state index in [4.69, 9.17) is 4.74 Å². The van der Waals surface area contributed by atoms with Crippen molar-refractivity contribution in [2.45, 2.75) is 39.0 Å². The van der Waals surface area contributed by atoms with Crippen LogP contribution in [0, 0.1) is 0 Å². The Bertz CT molecular complexity index is 475. The molecule has 0 aromatic heterocycles. The van der Waals surface area contributed by atoms with Crippen LogP contribution in [0.4, 0.5) is 4.79 Å². The van der Waals surface area contributed by atoms with Gasteiger partial charge in [0.25, 0.3) is 0 Å². The lowest BCUT2D eigenvalue weighted by atomic mass is 10.1. The highest BCUT2D eigenvalue weighted by Gasteiger charge is 2.35. The van der Waals surface area contributed by atoms with E-state index in [-0.39, 0.29) is 18.6 Å². The Labute approximate surface area is 118 Å². The Hall–Kier alpha value is -2.04. The monoisotopic (exact) mass is 276 g/mol. The predicted octanol–water partition coefficient (Wildman–Crippen LogP) is 1.92. The molecule has 5 heteroatoms. The first-order chi connectivity index (χ1) is 9.61. The van der Waals surface area contributed by atoms with Crippen LogP contribution in [-0.4, -0.2) is 35.5 Å². The Balaban J connectivity index is 1.98. The molecule has 5 nitrogen and oxygen atoms in total. The average molecular weight is 276 g/mol. The summed E-state index contributed by atoms with van der Waals surface area (Å²) in [6.07, 6.45) is 0.154. The SMILES string of the molecule is CCC1C(=O)NC(C)CN1C(=O)OCc1ccccc1. The molecule has 1 fully saturated rings. The molecule has 2 amide bonds. The molecule has 0 bridgehead atoms. The quantitative estimate of drug-likeness (QED) is 0.917. The minimum Gasteiger partial charge on any atom is -0.445 e. The van der Waals surface area contributed by atoms with E-state index in [1.165, 1.54) is 4.90 Å². The summed E-state index contributed by atoms with van der Waals surface area (Å²) in [7, 11) is 0. The molecule has 1 aromatic carbocycles. The van der Waals surface area contributed by atoms with E-state index in [9.17, 15) is 9.59 Å². The second-order valence-corrected chi connectivity index (χ2v) is 5.03. The van der Waals surface area contributed by atoms with Crippen LogP contribution < -0.4 is 5.32 Å². The third-order valence-electron chi connectivity index (χ3n) is 3.36. The lowest BCUT2D eigenvalue weighted by Crippen LogP contribution is -2.60. The van der Waals surface area contributed by atoms with Gasteiger partial charge in [0.15, 0.2) is 0 Å². The minimum atomic E-state index is -0.436. The van der Waals surface area contributed by atoms with E-state index in [0.29, 0.717) is 13.0 Å². The Morgan fingerprint density at radius 2 is 2.10 bits per heavy atom. The number of benzene rings is 1. The van der Waals surface area contributed by atoms with Crippen LogP contribution in [0.3, 0.4) is 0 Å². The van der Waals surface area contributed by atoms with Gasteiger partial charge in [0.2, 0.25) is 5.91 Å². The fraction of sp³-hybridized carbons (Fsp3) is 0.467. The Morgan fingerprint density at radius 3 is 2.75 bits per heavy atom. The van der Waals surface area contributed by atoms with Crippen LogP contribution in [0.5, 0.6) is 0 Å². The van der Waals surface area contributed by atoms with Crippen molar-refractivity contribution in [3.05, 3.63) is 35.9 Å². The first-order valence-electron chi connectivity index (χ1n) is 6.89. The van der Waals surface area contributed by atoms with Gasteiger partial charge in [-0.1, -0.05) is 37.3 Å². The molecule has 0 saturated carbocycles. The van der Waals surface area contributed by atoms with Gasteiger partial charge in [-0.05, 0) is 18.9 Å². The Kier molecular flexibility index (Phi) is 4.61. The van der Waals surface area contributed by atoms with Gasteiger partial charge in [-0.15, -0.1) is 0 Å². The fourth-order valence-electron chi connectivity index (χ4n) is 2.36. The molecule has 2 atom stereocenters. The largest absolute Gasteiger partial charge is 0.445 e. The zero-order valence-electron chi connectivity index (χ0n) is 11.8. The molecule has 20 heavy (non-hydrogen) atoms. The van der Waals surface area contributed by atoms with Crippen molar-refractivity contribution in [3.8, 4) is 0 Å². The summed E-state index contributed by atoms with van der Waals surface area (Å²) >= 11 is 0. The fourth-order valence-corrected chi connectivity index (χ4v) is 2.36. The van der Waals surface area contributed by atoms with Crippen molar-refractivity contribution >= 4 is 12.0 Å². The maximum absolute atomic E-state index is 12.2. The van der Waals surface area contributed by atoms with Crippen LogP contribution in [0.2, 0.25) is 0 Å². The molecule has 0 spiro atoms. The van der Waals surface area contributed by atoms with Gasteiger partial charge in [0.05, 0.1) is 0 Å². The number of amides is 2. The lowest BCUT2D eigenvalue weighted by Gasteiger charge is -2.37. The van der Waals surface area contributed by atoms with Crippen molar-refractivity contribution < 1.29 is 14.3 Å². The van der Waals surface area contributed by atoms with E-state index in [2.05, 4.69) is 5.32 Å². The topological polar surface area (TPSA) is 58.6 Å². The van der Waals surface area contributed by atoms with Gasteiger partial charge < -0.3 is 10.1 Å². The van der Waals surface area contributed by atoms with Crippen molar-refractivity contribution in [1.82, 2.24) is 10.2 Å². The first kappa shape index (κ1) is 14.4. The number of rotatable bonds is 3.